The number of aromatic nitrogens is 2. The largest absolute Gasteiger partial charge is 0.484 e. The second-order valence-electron chi connectivity index (χ2n) is 5.05. The fourth-order valence-corrected chi connectivity index (χ4v) is 2.00. The summed E-state index contributed by atoms with van der Waals surface area (Å²) in [6.45, 7) is 4.24. The van der Waals surface area contributed by atoms with Crippen molar-refractivity contribution in [3.05, 3.63) is 65.3 Å². The molecule has 3 rings (SSSR count). The van der Waals surface area contributed by atoms with Gasteiger partial charge in [0.15, 0.2) is 6.61 Å². The summed E-state index contributed by atoms with van der Waals surface area (Å²) in [5, 5.41) is 7.82. The molecule has 1 aromatic heterocycles. The van der Waals surface area contributed by atoms with E-state index >= 15 is 0 Å². The molecule has 5 heteroatoms. The van der Waals surface area contributed by atoms with Gasteiger partial charge in [-0.15, -0.1) is 10.2 Å². The van der Waals surface area contributed by atoms with Crippen LogP contribution in [0.25, 0.3) is 11.5 Å². The Morgan fingerprint density at radius 2 is 1.91 bits per heavy atom. The molecule has 0 amide bonds. The summed E-state index contributed by atoms with van der Waals surface area (Å²) < 4.78 is 24.3. The molecule has 0 aliphatic heterocycles. The topological polar surface area (TPSA) is 48.2 Å². The van der Waals surface area contributed by atoms with Crippen molar-refractivity contribution in [1.82, 2.24) is 10.2 Å². The molecule has 0 aliphatic rings. The lowest BCUT2D eigenvalue weighted by Gasteiger charge is -2.05. The molecular formula is C17H15FN2O2. The van der Waals surface area contributed by atoms with Gasteiger partial charge in [0.25, 0.3) is 5.89 Å². The van der Waals surface area contributed by atoms with E-state index in [0.29, 0.717) is 11.5 Å². The molecule has 22 heavy (non-hydrogen) atoms. The van der Waals surface area contributed by atoms with Crippen molar-refractivity contribution in [3.63, 3.8) is 0 Å². The van der Waals surface area contributed by atoms with Gasteiger partial charge in [0.1, 0.15) is 11.6 Å². The fraction of sp³-hybridized carbons (Fsp3) is 0.176. The molecule has 1 heterocycles. The molecule has 0 atom stereocenters. The number of ether oxygens (including phenoxy) is 1. The molecule has 0 aliphatic carbocycles. The minimum absolute atomic E-state index is 0.171. The molecular weight excluding hydrogens is 283 g/mol. The molecule has 0 N–H and O–H groups in total. The van der Waals surface area contributed by atoms with E-state index in [1.165, 1.54) is 17.7 Å². The molecule has 0 radical (unpaired) electrons. The van der Waals surface area contributed by atoms with Gasteiger partial charge in [0.2, 0.25) is 5.89 Å². The lowest BCUT2D eigenvalue weighted by atomic mass is 10.1. The van der Waals surface area contributed by atoms with Gasteiger partial charge in [0, 0.05) is 5.56 Å². The van der Waals surface area contributed by atoms with Crippen molar-refractivity contribution < 1.29 is 13.5 Å². The average molecular weight is 298 g/mol. The molecule has 0 unspecified atom stereocenters. The van der Waals surface area contributed by atoms with Gasteiger partial charge in [-0.25, -0.2) is 4.39 Å². The number of rotatable bonds is 4. The number of aryl methyl sites for hydroxylation is 2. The summed E-state index contributed by atoms with van der Waals surface area (Å²) in [7, 11) is 0. The maximum atomic E-state index is 13.2. The minimum atomic E-state index is -0.344. The monoisotopic (exact) mass is 298 g/mol. The van der Waals surface area contributed by atoms with Crippen molar-refractivity contribution in [1.29, 1.82) is 0 Å². The summed E-state index contributed by atoms with van der Waals surface area (Å²) in [5.74, 6) is 1.02. The van der Waals surface area contributed by atoms with E-state index in [0.717, 1.165) is 11.3 Å². The predicted octanol–water partition coefficient (Wildman–Crippen LogP) is 4.07. The van der Waals surface area contributed by atoms with Crippen LogP contribution in [0.4, 0.5) is 4.39 Å². The van der Waals surface area contributed by atoms with Crippen molar-refractivity contribution in [3.8, 4) is 17.2 Å². The van der Waals surface area contributed by atoms with E-state index in [-0.39, 0.29) is 18.3 Å². The Bertz CT molecular complexity index is 799. The lowest BCUT2D eigenvalue weighted by Crippen LogP contribution is -1.96. The summed E-state index contributed by atoms with van der Waals surface area (Å²) in [5.41, 5.74) is 2.91. The maximum absolute atomic E-state index is 13.2. The first kappa shape index (κ1) is 14.3. The number of hydrogen-bond donors (Lipinski definition) is 0. The molecule has 0 spiro atoms. The van der Waals surface area contributed by atoms with Crippen LogP contribution < -0.4 is 4.74 Å². The maximum Gasteiger partial charge on any atom is 0.254 e. The smallest absolute Gasteiger partial charge is 0.254 e. The predicted molar refractivity (Wildman–Crippen MR) is 79.9 cm³/mol. The third-order valence-electron chi connectivity index (χ3n) is 3.38. The Morgan fingerprint density at radius 1 is 1.05 bits per heavy atom. The average Bonchev–Trinajstić information content (AvgIpc) is 2.97. The quantitative estimate of drug-likeness (QED) is 0.728. The number of benzene rings is 2. The second kappa shape index (κ2) is 5.97. The van der Waals surface area contributed by atoms with Gasteiger partial charge in [-0.2, -0.15) is 0 Å². The first-order chi connectivity index (χ1) is 10.6. The van der Waals surface area contributed by atoms with Crippen LogP contribution in [-0.4, -0.2) is 10.2 Å². The number of nitrogens with zero attached hydrogens (tertiary/aromatic N) is 2. The molecule has 0 bridgehead atoms. The van der Waals surface area contributed by atoms with Gasteiger partial charge in [-0.3, -0.25) is 0 Å². The van der Waals surface area contributed by atoms with Crippen LogP contribution in [0.15, 0.2) is 46.9 Å². The normalized spacial score (nSPS) is 10.7. The molecule has 3 aromatic rings. The molecule has 0 saturated carbocycles. The first-order valence-electron chi connectivity index (χ1n) is 6.90. The molecule has 0 saturated heterocycles. The minimum Gasteiger partial charge on any atom is -0.484 e. The Kier molecular flexibility index (Phi) is 3.87. The van der Waals surface area contributed by atoms with Gasteiger partial charge in [-0.1, -0.05) is 12.1 Å². The third-order valence-corrected chi connectivity index (χ3v) is 3.38. The second-order valence-corrected chi connectivity index (χ2v) is 5.05. The highest BCUT2D eigenvalue weighted by Crippen LogP contribution is 2.20. The zero-order chi connectivity index (χ0) is 15.5. The van der Waals surface area contributed by atoms with E-state index in [2.05, 4.69) is 10.2 Å². The molecule has 0 fully saturated rings. The van der Waals surface area contributed by atoms with Crippen molar-refractivity contribution in [2.75, 3.05) is 0 Å². The Labute approximate surface area is 127 Å². The molecule has 2 aromatic carbocycles. The summed E-state index contributed by atoms with van der Waals surface area (Å²) in [6.07, 6.45) is 0. The van der Waals surface area contributed by atoms with Crippen LogP contribution in [0, 0.1) is 19.7 Å². The van der Waals surface area contributed by atoms with Crippen LogP contribution in [0.2, 0.25) is 0 Å². The molecule has 112 valence electrons. The van der Waals surface area contributed by atoms with Crippen LogP contribution in [-0.2, 0) is 6.61 Å². The van der Waals surface area contributed by atoms with Gasteiger partial charge in [-0.05, 0) is 55.3 Å². The van der Waals surface area contributed by atoms with Crippen LogP contribution in [0.3, 0.4) is 0 Å². The van der Waals surface area contributed by atoms with E-state index in [9.17, 15) is 4.39 Å². The van der Waals surface area contributed by atoms with Crippen LogP contribution in [0.1, 0.15) is 17.0 Å². The van der Waals surface area contributed by atoms with Crippen molar-refractivity contribution in [2.45, 2.75) is 20.5 Å². The van der Waals surface area contributed by atoms with E-state index in [1.807, 2.05) is 32.0 Å². The highest BCUT2D eigenvalue weighted by atomic mass is 19.1. The highest BCUT2D eigenvalue weighted by molar-refractivity contribution is 5.52. The van der Waals surface area contributed by atoms with Crippen LogP contribution in [0.5, 0.6) is 5.75 Å². The lowest BCUT2D eigenvalue weighted by molar-refractivity contribution is 0.264. The summed E-state index contributed by atoms with van der Waals surface area (Å²) >= 11 is 0. The number of hydrogen-bond acceptors (Lipinski definition) is 4. The fourth-order valence-electron chi connectivity index (χ4n) is 2.00. The standard InChI is InChI=1S/C17H15FN2O2/c1-11-6-7-15(8-12(11)2)21-10-16-19-20-17(22-16)13-4-3-5-14(18)9-13/h3-9H,10H2,1-2H3. The Hall–Kier alpha value is -2.69. The summed E-state index contributed by atoms with van der Waals surface area (Å²) in [4.78, 5) is 0. The Morgan fingerprint density at radius 3 is 2.68 bits per heavy atom. The Balaban J connectivity index is 1.70. The van der Waals surface area contributed by atoms with E-state index in [4.69, 9.17) is 9.15 Å². The van der Waals surface area contributed by atoms with Crippen molar-refractivity contribution in [2.24, 2.45) is 0 Å². The van der Waals surface area contributed by atoms with E-state index < -0.39 is 0 Å². The SMILES string of the molecule is Cc1ccc(OCc2nnc(-c3cccc(F)c3)o2)cc1C. The van der Waals surface area contributed by atoms with Crippen molar-refractivity contribution >= 4 is 0 Å². The zero-order valence-corrected chi connectivity index (χ0v) is 12.3. The number of halogens is 1. The van der Waals surface area contributed by atoms with Crippen LogP contribution >= 0.6 is 0 Å². The van der Waals surface area contributed by atoms with Gasteiger partial charge < -0.3 is 9.15 Å². The molecule has 4 nitrogen and oxygen atoms in total. The highest BCUT2D eigenvalue weighted by Gasteiger charge is 2.10. The van der Waals surface area contributed by atoms with Gasteiger partial charge in [0.05, 0.1) is 0 Å². The van der Waals surface area contributed by atoms with E-state index in [1.54, 1.807) is 12.1 Å². The van der Waals surface area contributed by atoms with Gasteiger partial charge >= 0.3 is 0 Å². The summed E-state index contributed by atoms with van der Waals surface area (Å²) in [6, 6.07) is 11.9. The third kappa shape index (κ3) is 3.14. The zero-order valence-electron chi connectivity index (χ0n) is 12.3. The first-order valence-corrected chi connectivity index (χ1v) is 6.90.